The molecule has 1 aromatic rings. The van der Waals surface area contributed by atoms with E-state index in [0.29, 0.717) is 3.57 Å². The molecule has 1 rings (SSSR count). The molecule has 0 atom stereocenters. The lowest BCUT2D eigenvalue weighted by Crippen LogP contribution is -1.79. The first-order chi connectivity index (χ1) is 5.04. The SMILES string of the molecule is Oc1cc(Cl)c(Cl)c(Cl)c1I. The molecule has 0 spiro atoms. The van der Waals surface area contributed by atoms with Crippen molar-refractivity contribution in [2.45, 2.75) is 0 Å². The van der Waals surface area contributed by atoms with E-state index in [4.69, 9.17) is 34.8 Å². The van der Waals surface area contributed by atoms with Crippen LogP contribution in [0.2, 0.25) is 15.1 Å². The lowest BCUT2D eigenvalue weighted by Gasteiger charge is -2.03. The number of hydrogen-bond donors (Lipinski definition) is 1. The van der Waals surface area contributed by atoms with Crippen LogP contribution in [0.1, 0.15) is 0 Å². The summed E-state index contributed by atoms with van der Waals surface area (Å²) in [4.78, 5) is 0. The van der Waals surface area contributed by atoms with Gasteiger partial charge in [-0.25, -0.2) is 0 Å². The van der Waals surface area contributed by atoms with Crippen LogP contribution in [0.25, 0.3) is 0 Å². The lowest BCUT2D eigenvalue weighted by molar-refractivity contribution is 0.471. The molecule has 0 unspecified atom stereocenters. The average molecular weight is 323 g/mol. The molecule has 0 bridgehead atoms. The number of phenolic OH excluding ortho intramolecular Hbond substituents is 1. The predicted molar refractivity (Wildman–Crippen MR) is 55.9 cm³/mol. The topological polar surface area (TPSA) is 20.2 Å². The van der Waals surface area contributed by atoms with Gasteiger partial charge in [-0.2, -0.15) is 0 Å². The lowest BCUT2D eigenvalue weighted by atomic mass is 10.3. The summed E-state index contributed by atoms with van der Waals surface area (Å²) in [6.45, 7) is 0. The van der Waals surface area contributed by atoms with E-state index in [2.05, 4.69) is 0 Å². The van der Waals surface area contributed by atoms with Crippen LogP contribution in [0.4, 0.5) is 0 Å². The van der Waals surface area contributed by atoms with Gasteiger partial charge in [0, 0.05) is 6.07 Å². The van der Waals surface area contributed by atoms with Crippen molar-refractivity contribution in [1.29, 1.82) is 0 Å². The number of rotatable bonds is 0. The highest BCUT2D eigenvalue weighted by atomic mass is 127. The zero-order valence-electron chi connectivity index (χ0n) is 5.04. The molecule has 1 nitrogen and oxygen atoms in total. The third-order valence-corrected chi connectivity index (χ3v) is 3.76. The molecule has 1 N–H and O–H groups in total. The number of halogens is 4. The quantitative estimate of drug-likeness (QED) is 0.435. The van der Waals surface area contributed by atoms with Crippen molar-refractivity contribution < 1.29 is 5.11 Å². The third-order valence-electron chi connectivity index (χ3n) is 1.08. The number of benzene rings is 1. The molecular weight excluding hydrogens is 321 g/mol. The minimum atomic E-state index is 0.0463. The molecule has 0 radical (unpaired) electrons. The van der Waals surface area contributed by atoms with E-state index in [1.54, 1.807) is 0 Å². The van der Waals surface area contributed by atoms with Crippen molar-refractivity contribution >= 4 is 57.4 Å². The molecule has 0 amide bonds. The summed E-state index contributed by atoms with van der Waals surface area (Å²) in [5.74, 6) is 0.0463. The summed E-state index contributed by atoms with van der Waals surface area (Å²) in [7, 11) is 0. The number of aromatic hydroxyl groups is 1. The average Bonchev–Trinajstić information content (AvgIpc) is 1.97. The van der Waals surface area contributed by atoms with Gasteiger partial charge in [-0.15, -0.1) is 0 Å². The van der Waals surface area contributed by atoms with E-state index < -0.39 is 0 Å². The summed E-state index contributed by atoms with van der Waals surface area (Å²) in [5.41, 5.74) is 0. The predicted octanol–water partition coefficient (Wildman–Crippen LogP) is 3.96. The third kappa shape index (κ3) is 1.86. The van der Waals surface area contributed by atoms with E-state index >= 15 is 0 Å². The Bertz CT molecular complexity index is 274. The molecule has 0 aliphatic carbocycles. The van der Waals surface area contributed by atoms with Crippen LogP contribution >= 0.6 is 57.4 Å². The van der Waals surface area contributed by atoms with Crippen LogP contribution in [0.3, 0.4) is 0 Å². The van der Waals surface area contributed by atoms with Gasteiger partial charge >= 0.3 is 0 Å². The van der Waals surface area contributed by atoms with Crippen LogP contribution < -0.4 is 0 Å². The van der Waals surface area contributed by atoms with Gasteiger partial charge < -0.3 is 5.11 Å². The second-order valence-electron chi connectivity index (χ2n) is 1.82. The Hall–Kier alpha value is 0.620. The smallest absolute Gasteiger partial charge is 0.132 e. The summed E-state index contributed by atoms with van der Waals surface area (Å²) < 4.78 is 0.513. The van der Waals surface area contributed by atoms with Crippen LogP contribution in [0, 0.1) is 3.57 Å². The molecule has 0 aromatic heterocycles. The molecule has 0 aliphatic rings. The van der Waals surface area contributed by atoms with Crippen molar-refractivity contribution in [3.05, 3.63) is 24.7 Å². The van der Waals surface area contributed by atoms with E-state index in [0.717, 1.165) is 0 Å². The van der Waals surface area contributed by atoms with Crippen molar-refractivity contribution in [2.75, 3.05) is 0 Å². The Morgan fingerprint density at radius 3 is 2.27 bits per heavy atom. The van der Waals surface area contributed by atoms with Gasteiger partial charge in [-0.3, -0.25) is 0 Å². The van der Waals surface area contributed by atoms with Crippen molar-refractivity contribution in [2.24, 2.45) is 0 Å². The van der Waals surface area contributed by atoms with E-state index in [9.17, 15) is 5.11 Å². The highest BCUT2D eigenvalue weighted by Crippen LogP contribution is 2.38. The highest BCUT2D eigenvalue weighted by Gasteiger charge is 2.11. The van der Waals surface area contributed by atoms with Gasteiger partial charge in [0.05, 0.1) is 18.6 Å². The second-order valence-corrected chi connectivity index (χ2v) is 4.06. The fourth-order valence-electron chi connectivity index (χ4n) is 0.560. The Morgan fingerprint density at radius 2 is 1.73 bits per heavy atom. The molecule has 0 fully saturated rings. The fraction of sp³-hybridized carbons (Fsp3) is 0. The molecule has 0 saturated heterocycles. The van der Waals surface area contributed by atoms with Crippen LogP contribution in [0.5, 0.6) is 5.75 Å². The Kier molecular flexibility index (Phi) is 3.14. The van der Waals surface area contributed by atoms with Crippen molar-refractivity contribution in [1.82, 2.24) is 0 Å². The minimum absolute atomic E-state index is 0.0463. The van der Waals surface area contributed by atoms with Crippen LogP contribution in [-0.2, 0) is 0 Å². The minimum Gasteiger partial charge on any atom is -0.507 e. The van der Waals surface area contributed by atoms with Crippen LogP contribution in [0.15, 0.2) is 6.07 Å². The summed E-state index contributed by atoms with van der Waals surface area (Å²) in [6.07, 6.45) is 0. The van der Waals surface area contributed by atoms with Gasteiger partial charge in [0.2, 0.25) is 0 Å². The summed E-state index contributed by atoms with van der Waals surface area (Å²) >= 11 is 18.9. The first-order valence-electron chi connectivity index (χ1n) is 2.56. The zero-order chi connectivity index (χ0) is 8.59. The molecule has 5 heteroatoms. The molecule has 60 valence electrons. The first-order valence-corrected chi connectivity index (χ1v) is 4.77. The first kappa shape index (κ1) is 9.71. The molecule has 0 saturated carbocycles. The Balaban J connectivity index is 3.46. The Morgan fingerprint density at radius 1 is 1.18 bits per heavy atom. The van der Waals surface area contributed by atoms with Gasteiger partial charge in [0.25, 0.3) is 0 Å². The Labute approximate surface area is 92.4 Å². The molecular formula is C6H2Cl3IO. The van der Waals surface area contributed by atoms with E-state index in [1.165, 1.54) is 6.07 Å². The number of hydrogen-bond acceptors (Lipinski definition) is 1. The molecule has 0 aliphatic heterocycles. The molecule has 1 aromatic carbocycles. The number of phenols is 1. The van der Waals surface area contributed by atoms with Crippen molar-refractivity contribution in [3.63, 3.8) is 0 Å². The maximum Gasteiger partial charge on any atom is 0.132 e. The maximum atomic E-state index is 9.17. The van der Waals surface area contributed by atoms with Gasteiger partial charge in [0.15, 0.2) is 0 Å². The van der Waals surface area contributed by atoms with Gasteiger partial charge in [0.1, 0.15) is 5.75 Å². The molecule has 11 heavy (non-hydrogen) atoms. The normalized spacial score (nSPS) is 10.2. The zero-order valence-corrected chi connectivity index (χ0v) is 9.46. The van der Waals surface area contributed by atoms with Crippen LogP contribution in [-0.4, -0.2) is 5.11 Å². The summed E-state index contributed by atoms with van der Waals surface area (Å²) in [6, 6.07) is 1.36. The van der Waals surface area contributed by atoms with Crippen molar-refractivity contribution in [3.8, 4) is 5.75 Å². The van der Waals surface area contributed by atoms with E-state index in [1.807, 2.05) is 22.6 Å². The van der Waals surface area contributed by atoms with Gasteiger partial charge in [-0.05, 0) is 22.6 Å². The second kappa shape index (κ2) is 3.56. The fourth-order valence-corrected chi connectivity index (χ4v) is 1.74. The van der Waals surface area contributed by atoms with Gasteiger partial charge in [-0.1, -0.05) is 34.8 Å². The maximum absolute atomic E-state index is 9.17. The monoisotopic (exact) mass is 322 g/mol. The standard InChI is InChI=1S/C6H2Cl3IO/c7-2-1-3(11)6(10)5(9)4(2)8/h1,11H. The largest absolute Gasteiger partial charge is 0.507 e. The van der Waals surface area contributed by atoms with E-state index in [-0.39, 0.29) is 20.8 Å². The summed E-state index contributed by atoms with van der Waals surface area (Å²) in [5, 5.41) is 9.99. The highest BCUT2D eigenvalue weighted by molar-refractivity contribution is 14.1. The molecule has 0 heterocycles.